The first-order valence-electron chi connectivity index (χ1n) is 7.44. The number of halogens is 1. The van der Waals surface area contributed by atoms with Crippen molar-refractivity contribution in [2.24, 2.45) is 0 Å². The molecule has 1 amide bonds. The fourth-order valence-electron chi connectivity index (χ4n) is 2.81. The number of amides is 1. The van der Waals surface area contributed by atoms with E-state index in [1.807, 2.05) is 24.3 Å². The number of nitrogens with zero attached hydrogens (tertiary/aromatic N) is 1. The van der Waals surface area contributed by atoms with Crippen molar-refractivity contribution in [3.8, 4) is 0 Å². The Kier molecular flexibility index (Phi) is 3.75. The highest BCUT2D eigenvalue weighted by atomic mass is 35.5. The molecule has 0 spiro atoms. The van der Waals surface area contributed by atoms with Crippen LogP contribution >= 0.6 is 23.8 Å². The molecule has 0 aliphatic carbocycles. The van der Waals surface area contributed by atoms with E-state index in [4.69, 9.17) is 28.7 Å². The molecule has 0 unspecified atom stereocenters. The van der Waals surface area contributed by atoms with Crippen LogP contribution in [0.25, 0.3) is 10.8 Å². The third-order valence-corrected chi connectivity index (χ3v) is 4.63. The van der Waals surface area contributed by atoms with Crippen LogP contribution in [0.2, 0.25) is 5.02 Å². The van der Waals surface area contributed by atoms with E-state index in [0.717, 1.165) is 15.8 Å². The maximum absolute atomic E-state index is 12.8. The lowest BCUT2D eigenvalue weighted by Gasteiger charge is -2.27. The van der Waals surface area contributed by atoms with Gasteiger partial charge in [0, 0.05) is 16.0 Å². The molecule has 1 aliphatic rings. The average molecular weight is 368 g/mol. The van der Waals surface area contributed by atoms with Gasteiger partial charge in [-0.15, -0.1) is 5.06 Å². The number of hydrogen-bond acceptors (Lipinski definition) is 4. The van der Waals surface area contributed by atoms with Crippen molar-refractivity contribution in [1.82, 2.24) is 5.06 Å². The summed E-state index contributed by atoms with van der Waals surface area (Å²) >= 11 is 11.2. The number of carbonyl (C=O) groups is 2. The summed E-state index contributed by atoms with van der Waals surface area (Å²) in [5.74, 6) is -1.14. The molecule has 6 heteroatoms. The van der Waals surface area contributed by atoms with Crippen LogP contribution in [0.3, 0.4) is 0 Å². The fraction of sp³-hybridized carbons (Fsp3) is 0. The van der Waals surface area contributed by atoms with Gasteiger partial charge in [-0.1, -0.05) is 54.2 Å². The summed E-state index contributed by atoms with van der Waals surface area (Å²) in [6.45, 7) is 0. The van der Waals surface area contributed by atoms with Crippen LogP contribution in [-0.2, 0) is 4.84 Å². The minimum absolute atomic E-state index is 0.164. The van der Waals surface area contributed by atoms with Crippen molar-refractivity contribution in [3.05, 3.63) is 82.4 Å². The van der Waals surface area contributed by atoms with Crippen molar-refractivity contribution in [3.63, 3.8) is 0 Å². The number of carbonyl (C=O) groups excluding carboxylic acids is 2. The van der Waals surface area contributed by atoms with E-state index < -0.39 is 11.9 Å². The maximum atomic E-state index is 12.8. The van der Waals surface area contributed by atoms with Crippen molar-refractivity contribution in [2.45, 2.75) is 0 Å². The first-order chi connectivity index (χ1) is 12.1. The van der Waals surface area contributed by atoms with Gasteiger partial charge in [0.25, 0.3) is 5.91 Å². The molecule has 0 atom stereocenters. The second-order valence-corrected chi connectivity index (χ2v) is 6.32. The smallest absolute Gasteiger partial charge is 0.327 e. The molecule has 1 aliphatic heterocycles. The van der Waals surface area contributed by atoms with E-state index >= 15 is 0 Å². The molecule has 3 aromatic rings. The van der Waals surface area contributed by atoms with Crippen molar-refractivity contribution in [1.29, 1.82) is 0 Å². The molecule has 122 valence electrons. The Labute approximate surface area is 153 Å². The highest BCUT2D eigenvalue weighted by molar-refractivity contribution is 7.80. The number of rotatable bonds is 2. The Hall–Kier alpha value is -2.76. The topological polar surface area (TPSA) is 46.6 Å². The van der Waals surface area contributed by atoms with Gasteiger partial charge >= 0.3 is 5.97 Å². The van der Waals surface area contributed by atoms with Gasteiger partial charge in [-0.3, -0.25) is 4.79 Å². The van der Waals surface area contributed by atoms with Gasteiger partial charge in [-0.2, -0.15) is 0 Å². The second kappa shape index (κ2) is 5.95. The van der Waals surface area contributed by atoms with Gasteiger partial charge in [0.05, 0.1) is 11.1 Å². The molecule has 4 nitrogen and oxygen atoms in total. The molecule has 3 aromatic carbocycles. The standard InChI is InChI=1S/C19H10ClNO3S/c20-13-9-7-12(8-10-13)19(23)24-21-17(22)14-5-1-3-11-4-2-6-15(16(11)14)18(21)25/h1-10H. The second-order valence-electron chi connectivity index (χ2n) is 5.50. The van der Waals surface area contributed by atoms with E-state index in [1.54, 1.807) is 24.3 Å². The lowest BCUT2D eigenvalue weighted by atomic mass is 9.95. The summed E-state index contributed by atoms with van der Waals surface area (Å²) in [6, 6.07) is 17.2. The lowest BCUT2D eigenvalue weighted by molar-refractivity contribution is -0.0381. The number of thiocarbonyl (C=S) groups is 1. The Morgan fingerprint density at radius 3 is 2.28 bits per heavy atom. The summed E-state index contributed by atoms with van der Waals surface area (Å²) in [6.07, 6.45) is 0. The zero-order chi connectivity index (χ0) is 17.6. The largest absolute Gasteiger partial charge is 0.363 e. The van der Waals surface area contributed by atoms with E-state index in [2.05, 4.69) is 0 Å². The zero-order valence-electron chi connectivity index (χ0n) is 12.7. The minimum Gasteiger partial charge on any atom is -0.327 e. The predicted molar refractivity (Wildman–Crippen MR) is 98.7 cm³/mol. The Morgan fingerprint density at radius 2 is 1.60 bits per heavy atom. The van der Waals surface area contributed by atoms with E-state index in [0.29, 0.717) is 16.1 Å². The van der Waals surface area contributed by atoms with E-state index in [9.17, 15) is 9.59 Å². The van der Waals surface area contributed by atoms with Crippen LogP contribution in [0.1, 0.15) is 26.3 Å². The minimum atomic E-state index is -0.682. The molecule has 0 fully saturated rings. The van der Waals surface area contributed by atoms with Crippen LogP contribution in [0, 0.1) is 0 Å². The van der Waals surface area contributed by atoms with Crippen molar-refractivity contribution < 1.29 is 14.4 Å². The summed E-state index contributed by atoms with van der Waals surface area (Å²) < 4.78 is 0. The monoisotopic (exact) mass is 367 g/mol. The van der Waals surface area contributed by atoms with Gasteiger partial charge in [-0.05, 0) is 35.7 Å². The SMILES string of the molecule is O=C(ON1C(=O)c2cccc3cccc(c23)C1=S)c1ccc(Cl)cc1. The van der Waals surface area contributed by atoms with Crippen LogP contribution in [0.15, 0.2) is 60.7 Å². The quantitative estimate of drug-likeness (QED) is 0.630. The molecule has 0 aromatic heterocycles. The van der Waals surface area contributed by atoms with E-state index in [1.165, 1.54) is 12.1 Å². The molecular weight excluding hydrogens is 358 g/mol. The van der Waals surface area contributed by atoms with Gasteiger partial charge in [0.2, 0.25) is 0 Å². The third kappa shape index (κ3) is 2.58. The molecule has 0 N–H and O–H groups in total. The summed E-state index contributed by atoms with van der Waals surface area (Å²) in [5, 5.41) is 3.07. The first kappa shape index (κ1) is 15.7. The van der Waals surface area contributed by atoms with Crippen LogP contribution in [0.4, 0.5) is 0 Å². The van der Waals surface area contributed by atoms with Crippen LogP contribution in [-0.4, -0.2) is 21.9 Å². The Balaban J connectivity index is 1.73. The predicted octanol–water partition coefficient (Wildman–Crippen LogP) is 4.40. The molecule has 0 saturated heterocycles. The average Bonchev–Trinajstić information content (AvgIpc) is 2.63. The molecular formula is C19H10ClNO3S. The van der Waals surface area contributed by atoms with Gasteiger partial charge < -0.3 is 4.84 Å². The fourth-order valence-corrected chi connectivity index (χ4v) is 3.23. The summed E-state index contributed by atoms with van der Waals surface area (Å²) in [7, 11) is 0. The molecule has 1 heterocycles. The van der Waals surface area contributed by atoms with Gasteiger partial charge in [0.1, 0.15) is 0 Å². The number of benzene rings is 3. The number of hydrogen-bond donors (Lipinski definition) is 0. The Morgan fingerprint density at radius 1 is 0.960 bits per heavy atom. The third-order valence-electron chi connectivity index (χ3n) is 3.99. The Bertz CT molecular complexity index is 995. The van der Waals surface area contributed by atoms with Gasteiger partial charge in [-0.25, -0.2) is 4.79 Å². The molecule has 0 radical (unpaired) electrons. The van der Waals surface area contributed by atoms with Crippen molar-refractivity contribution >= 4 is 51.5 Å². The van der Waals surface area contributed by atoms with Crippen molar-refractivity contribution in [2.75, 3.05) is 0 Å². The van der Waals surface area contributed by atoms with Crippen LogP contribution in [0.5, 0.6) is 0 Å². The van der Waals surface area contributed by atoms with E-state index in [-0.39, 0.29) is 10.6 Å². The zero-order valence-corrected chi connectivity index (χ0v) is 14.3. The molecule has 25 heavy (non-hydrogen) atoms. The summed E-state index contributed by atoms with van der Waals surface area (Å²) in [4.78, 5) is 30.6. The molecule has 0 bridgehead atoms. The summed E-state index contributed by atoms with van der Waals surface area (Å²) in [5.41, 5.74) is 1.41. The molecule has 0 saturated carbocycles. The van der Waals surface area contributed by atoms with Crippen LogP contribution < -0.4 is 0 Å². The highest BCUT2D eigenvalue weighted by Crippen LogP contribution is 2.30. The lowest BCUT2D eigenvalue weighted by Crippen LogP contribution is -2.41. The first-order valence-corrected chi connectivity index (χ1v) is 8.23. The highest BCUT2D eigenvalue weighted by Gasteiger charge is 2.33. The maximum Gasteiger partial charge on any atom is 0.363 e. The molecule has 4 rings (SSSR count). The van der Waals surface area contributed by atoms with Gasteiger partial charge in [0.15, 0.2) is 4.99 Å². The number of hydroxylamine groups is 2. The normalized spacial score (nSPS) is 13.2.